The van der Waals surface area contributed by atoms with Gasteiger partial charge in [-0.15, -0.1) is 0 Å². The van der Waals surface area contributed by atoms with Gasteiger partial charge < -0.3 is 9.47 Å². The smallest absolute Gasteiger partial charge is 0.187 e. The van der Waals surface area contributed by atoms with Crippen LogP contribution < -0.4 is 0 Å². The minimum atomic E-state index is -0.271. The summed E-state index contributed by atoms with van der Waals surface area (Å²) < 4.78 is 11.5. The molecule has 1 aliphatic carbocycles. The predicted molar refractivity (Wildman–Crippen MR) is 68.5 cm³/mol. The summed E-state index contributed by atoms with van der Waals surface area (Å²) in [5, 5.41) is 0. The molecule has 1 saturated heterocycles. The molecule has 1 aromatic rings. The Labute approximate surface area is 108 Å². The molecule has 1 saturated carbocycles. The van der Waals surface area contributed by atoms with Gasteiger partial charge in [-0.1, -0.05) is 24.3 Å². The lowest BCUT2D eigenvalue weighted by Gasteiger charge is -2.35. The Balaban J connectivity index is 1.66. The van der Waals surface area contributed by atoms with Crippen LogP contribution in [0, 0.1) is 6.57 Å². The van der Waals surface area contributed by atoms with Crippen LogP contribution in [0.5, 0.6) is 0 Å². The van der Waals surface area contributed by atoms with Crippen molar-refractivity contribution in [2.45, 2.75) is 37.4 Å². The third kappa shape index (κ3) is 2.14. The van der Waals surface area contributed by atoms with E-state index in [0.29, 0.717) is 11.6 Å². The van der Waals surface area contributed by atoms with E-state index in [9.17, 15) is 0 Å². The largest absolute Gasteiger partial charge is 0.348 e. The fourth-order valence-electron chi connectivity index (χ4n) is 3.00. The molecule has 2 fully saturated rings. The molecule has 0 N–H and O–H groups in total. The molecule has 3 nitrogen and oxygen atoms in total. The second-order valence-corrected chi connectivity index (χ2v) is 5.09. The van der Waals surface area contributed by atoms with E-state index < -0.39 is 0 Å². The number of nitrogens with zero attached hydrogens (tertiary/aromatic N) is 1. The van der Waals surface area contributed by atoms with Crippen LogP contribution in [0.25, 0.3) is 4.85 Å². The first-order valence-electron chi connectivity index (χ1n) is 6.57. The molecular weight excluding hydrogens is 226 g/mol. The van der Waals surface area contributed by atoms with Gasteiger partial charge in [0.15, 0.2) is 11.5 Å². The van der Waals surface area contributed by atoms with Crippen LogP contribution in [0.2, 0.25) is 0 Å². The van der Waals surface area contributed by atoms with Crippen LogP contribution in [0.4, 0.5) is 5.69 Å². The van der Waals surface area contributed by atoms with Crippen molar-refractivity contribution >= 4 is 5.69 Å². The summed E-state index contributed by atoms with van der Waals surface area (Å²) in [6, 6.07) is 8.00. The zero-order valence-electron chi connectivity index (χ0n) is 10.4. The number of benzene rings is 1. The van der Waals surface area contributed by atoms with Gasteiger partial charge in [0.05, 0.1) is 19.8 Å². The van der Waals surface area contributed by atoms with Gasteiger partial charge in [-0.2, -0.15) is 0 Å². The van der Waals surface area contributed by atoms with Crippen LogP contribution in [0.15, 0.2) is 24.3 Å². The first-order valence-corrected chi connectivity index (χ1v) is 6.57. The van der Waals surface area contributed by atoms with Gasteiger partial charge in [0.1, 0.15) is 0 Å². The van der Waals surface area contributed by atoms with Crippen molar-refractivity contribution in [3.63, 3.8) is 0 Å². The quantitative estimate of drug-likeness (QED) is 0.703. The predicted octanol–water partition coefficient (Wildman–Crippen LogP) is 3.64. The van der Waals surface area contributed by atoms with Crippen LogP contribution in [-0.2, 0) is 9.47 Å². The van der Waals surface area contributed by atoms with Crippen molar-refractivity contribution in [3.05, 3.63) is 41.2 Å². The summed E-state index contributed by atoms with van der Waals surface area (Å²) in [6.07, 6.45) is 4.19. The summed E-state index contributed by atoms with van der Waals surface area (Å²) in [5.41, 5.74) is 2.06. The lowest BCUT2D eigenvalue weighted by Crippen LogP contribution is -2.34. The van der Waals surface area contributed by atoms with Crippen molar-refractivity contribution in [2.75, 3.05) is 13.2 Å². The first kappa shape index (κ1) is 11.7. The van der Waals surface area contributed by atoms with E-state index in [-0.39, 0.29) is 5.79 Å². The molecule has 0 unspecified atom stereocenters. The van der Waals surface area contributed by atoms with Crippen LogP contribution in [0.3, 0.4) is 0 Å². The number of ether oxygens (including phenoxy) is 2. The average Bonchev–Trinajstić information content (AvgIpc) is 2.88. The average molecular weight is 243 g/mol. The van der Waals surface area contributed by atoms with Crippen LogP contribution >= 0.6 is 0 Å². The SMILES string of the molecule is [C-]#[N+]c1ccc(C2CCC3(CC2)OCCO3)cc1. The molecular formula is C15H17NO2. The number of hydrogen-bond acceptors (Lipinski definition) is 2. The Hall–Kier alpha value is -1.37. The fourth-order valence-corrected chi connectivity index (χ4v) is 3.00. The molecule has 0 aromatic heterocycles. The highest BCUT2D eigenvalue weighted by Gasteiger charge is 2.40. The molecule has 3 rings (SSSR count). The molecule has 0 amide bonds. The van der Waals surface area contributed by atoms with Gasteiger partial charge in [-0.05, 0) is 24.3 Å². The highest BCUT2D eigenvalue weighted by Crippen LogP contribution is 2.42. The second-order valence-electron chi connectivity index (χ2n) is 5.09. The van der Waals surface area contributed by atoms with Crippen LogP contribution in [0.1, 0.15) is 37.2 Å². The minimum absolute atomic E-state index is 0.271. The molecule has 0 bridgehead atoms. The fraction of sp³-hybridized carbons (Fsp3) is 0.533. The van der Waals surface area contributed by atoms with Gasteiger partial charge in [0.25, 0.3) is 0 Å². The van der Waals surface area contributed by atoms with E-state index >= 15 is 0 Å². The third-order valence-corrected chi connectivity index (χ3v) is 4.05. The van der Waals surface area contributed by atoms with Gasteiger partial charge >= 0.3 is 0 Å². The molecule has 0 atom stereocenters. The number of hydrogen-bond donors (Lipinski definition) is 0. The lowest BCUT2D eigenvalue weighted by atomic mass is 9.81. The maximum absolute atomic E-state index is 6.96. The molecule has 1 spiro atoms. The van der Waals surface area contributed by atoms with Gasteiger partial charge in [-0.25, -0.2) is 4.85 Å². The second kappa shape index (κ2) is 4.72. The molecule has 1 aliphatic heterocycles. The molecule has 2 aliphatic rings. The highest BCUT2D eigenvalue weighted by molar-refractivity contribution is 5.46. The number of rotatable bonds is 1. The van der Waals surface area contributed by atoms with E-state index in [2.05, 4.69) is 17.0 Å². The Morgan fingerprint density at radius 1 is 1.06 bits per heavy atom. The zero-order valence-corrected chi connectivity index (χ0v) is 10.4. The lowest BCUT2D eigenvalue weighted by molar-refractivity contribution is -0.178. The molecule has 1 aromatic carbocycles. The Morgan fingerprint density at radius 3 is 2.22 bits per heavy atom. The summed E-state index contributed by atoms with van der Waals surface area (Å²) >= 11 is 0. The maximum Gasteiger partial charge on any atom is 0.187 e. The van der Waals surface area contributed by atoms with Gasteiger partial charge in [-0.3, -0.25) is 0 Å². The highest BCUT2D eigenvalue weighted by atomic mass is 16.7. The molecule has 3 heteroatoms. The Morgan fingerprint density at radius 2 is 1.67 bits per heavy atom. The van der Waals surface area contributed by atoms with Crippen molar-refractivity contribution in [1.29, 1.82) is 0 Å². The van der Waals surface area contributed by atoms with E-state index in [1.165, 1.54) is 5.56 Å². The summed E-state index contributed by atoms with van der Waals surface area (Å²) in [4.78, 5) is 3.42. The molecule has 1 heterocycles. The standard InChI is InChI=1S/C15H17NO2/c1-16-14-4-2-12(3-5-14)13-6-8-15(9-7-13)17-10-11-18-15/h2-5,13H,6-11H2. The van der Waals surface area contributed by atoms with Crippen molar-refractivity contribution in [3.8, 4) is 0 Å². The van der Waals surface area contributed by atoms with E-state index in [1.54, 1.807) is 0 Å². The molecule has 94 valence electrons. The molecule has 0 radical (unpaired) electrons. The van der Waals surface area contributed by atoms with Crippen molar-refractivity contribution in [2.24, 2.45) is 0 Å². The summed E-state index contributed by atoms with van der Waals surface area (Å²) in [5.74, 6) is 0.315. The van der Waals surface area contributed by atoms with E-state index in [1.807, 2.05) is 12.1 Å². The molecule has 18 heavy (non-hydrogen) atoms. The summed E-state index contributed by atoms with van der Waals surface area (Å²) in [6.45, 7) is 8.44. The Bertz CT molecular complexity index is 444. The summed E-state index contributed by atoms with van der Waals surface area (Å²) in [7, 11) is 0. The topological polar surface area (TPSA) is 22.8 Å². The minimum Gasteiger partial charge on any atom is -0.348 e. The van der Waals surface area contributed by atoms with Gasteiger partial charge in [0.2, 0.25) is 0 Å². The van der Waals surface area contributed by atoms with E-state index in [4.69, 9.17) is 16.0 Å². The third-order valence-electron chi connectivity index (χ3n) is 4.05. The first-order chi connectivity index (χ1) is 8.81. The maximum atomic E-state index is 6.96. The monoisotopic (exact) mass is 243 g/mol. The van der Waals surface area contributed by atoms with E-state index in [0.717, 1.165) is 38.9 Å². The van der Waals surface area contributed by atoms with Crippen molar-refractivity contribution in [1.82, 2.24) is 0 Å². The normalized spacial score (nSPS) is 23.1. The van der Waals surface area contributed by atoms with Crippen molar-refractivity contribution < 1.29 is 9.47 Å². The Kier molecular flexibility index (Phi) is 3.07. The zero-order chi connectivity index (χ0) is 12.4. The van der Waals surface area contributed by atoms with Crippen LogP contribution in [-0.4, -0.2) is 19.0 Å². The van der Waals surface area contributed by atoms with Gasteiger partial charge in [0, 0.05) is 12.8 Å².